The number of carbonyl (C=O) groups is 1. The monoisotopic (exact) mass is 172 g/mol. The van der Waals surface area contributed by atoms with E-state index in [2.05, 4.69) is 0 Å². The summed E-state index contributed by atoms with van der Waals surface area (Å²) < 4.78 is 0. The highest BCUT2D eigenvalue weighted by Crippen LogP contribution is 2.14. The van der Waals surface area contributed by atoms with Gasteiger partial charge in [-0.25, -0.2) is 0 Å². The molecule has 0 aromatic carbocycles. The van der Waals surface area contributed by atoms with Gasteiger partial charge in [0, 0.05) is 19.2 Å². The summed E-state index contributed by atoms with van der Waals surface area (Å²) in [5.74, 6) is 0.0240. The Morgan fingerprint density at radius 2 is 2.50 bits per heavy atom. The molecule has 2 atom stereocenters. The molecule has 12 heavy (non-hydrogen) atoms. The quantitative estimate of drug-likeness (QED) is 0.592. The number of amides is 1. The van der Waals surface area contributed by atoms with Gasteiger partial charge in [0.05, 0.1) is 6.04 Å². The molecule has 4 heteroatoms. The number of carbonyl (C=O) groups excluding carboxylic acids is 1. The largest absolute Gasteiger partial charge is 0.396 e. The summed E-state index contributed by atoms with van der Waals surface area (Å²) in [7, 11) is 0. The number of aliphatic hydroxyl groups is 1. The second-order valence-electron chi connectivity index (χ2n) is 3.29. The van der Waals surface area contributed by atoms with E-state index >= 15 is 0 Å². The number of hydrogen-bond acceptors (Lipinski definition) is 3. The summed E-state index contributed by atoms with van der Waals surface area (Å²) in [6.07, 6.45) is 1.38. The average Bonchev–Trinajstić information content (AvgIpc) is 2.34. The van der Waals surface area contributed by atoms with Crippen molar-refractivity contribution in [3.63, 3.8) is 0 Å². The van der Waals surface area contributed by atoms with Crippen LogP contribution >= 0.6 is 0 Å². The van der Waals surface area contributed by atoms with E-state index in [9.17, 15) is 4.79 Å². The Kier molecular flexibility index (Phi) is 3.05. The van der Waals surface area contributed by atoms with Gasteiger partial charge in [-0.1, -0.05) is 0 Å². The van der Waals surface area contributed by atoms with Crippen molar-refractivity contribution in [2.45, 2.75) is 31.8 Å². The lowest BCUT2D eigenvalue weighted by atomic mass is 10.2. The van der Waals surface area contributed by atoms with Crippen LogP contribution in [-0.4, -0.2) is 41.1 Å². The number of nitrogens with two attached hydrogens (primary N) is 1. The Balaban J connectivity index is 2.47. The fourth-order valence-corrected chi connectivity index (χ4v) is 1.51. The fourth-order valence-electron chi connectivity index (χ4n) is 1.51. The van der Waals surface area contributed by atoms with E-state index in [1.807, 2.05) is 6.92 Å². The molecule has 2 unspecified atom stereocenters. The van der Waals surface area contributed by atoms with Crippen LogP contribution in [0.4, 0.5) is 0 Å². The molecule has 1 amide bonds. The minimum atomic E-state index is -0.314. The average molecular weight is 172 g/mol. The lowest BCUT2D eigenvalue weighted by molar-refractivity contribution is -0.130. The molecule has 0 bridgehead atoms. The lowest BCUT2D eigenvalue weighted by Crippen LogP contribution is -2.39. The molecule has 3 N–H and O–H groups in total. The van der Waals surface area contributed by atoms with Crippen LogP contribution in [0, 0.1) is 0 Å². The summed E-state index contributed by atoms with van der Waals surface area (Å²) in [4.78, 5) is 13.1. The zero-order chi connectivity index (χ0) is 9.14. The third kappa shape index (κ3) is 1.76. The second-order valence-corrected chi connectivity index (χ2v) is 3.29. The molecular formula is C8H16N2O2. The van der Waals surface area contributed by atoms with E-state index in [-0.39, 0.29) is 24.6 Å². The van der Waals surface area contributed by atoms with Gasteiger partial charge in [0.15, 0.2) is 0 Å². The van der Waals surface area contributed by atoms with Gasteiger partial charge in [-0.3, -0.25) is 4.79 Å². The van der Waals surface area contributed by atoms with Crippen LogP contribution in [0.2, 0.25) is 0 Å². The molecule has 0 spiro atoms. The Labute approximate surface area is 72.3 Å². The molecule has 0 aromatic rings. The van der Waals surface area contributed by atoms with E-state index in [0.717, 1.165) is 13.0 Å². The van der Waals surface area contributed by atoms with Gasteiger partial charge in [0.25, 0.3) is 0 Å². The number of nitrogens with zero attached hydrogens (tertiary/aromatic N) is 1. The zero-order valence-corrected chi connectivity index (χ0v) is 7.36. The molecule has 1 saturated heterocycles. The van der Waals surface area contributed by atoms with Crippen LogP contribution in [0.5, 0.6) is 0 Å². The van der Waals surface area contributed by atoms with Crippen LogP contribution < -0.4 is 5.73 Å². The Bertz CT molecular complexity index is 172. The first-order valence-corrected chi connectivity index (χ1v) is 4.33. The van der Waals surface area contributed by atoms with Crippen LogP contribution in [0.15, 0.2) is 0 Å². The topological polar surface area (TPSA) is 66.6 Å². The van der Waals surface area contributed by atoms with Crippen molar-refractivity contribution in [3.05, 3.63) is 0 Å². The van der Waals surface area contributed by atoms with Crippen molar-refractivity contribution < 1.29 is 9.90 Å². The first-order valence-electron chi connectivity index (χ1n) is 4.33. The molecule has 1 aliphatic rings. The standard InChI is InChI=1S/C8H16N2O2/c1-6(3-5-11)10-4-2-7(9)8(10)12/h6-7,11H,2-5,9H2,1H3. The molecule has 1 fully saturated rings. The van der Waals surface area contributed by atoms with Gasteiger partial charge < -0.3 is 15.7 Å². The van der Waals surface area contributed by atoms with E-state index in [1.54, 1.807) is 4.90 Å². The highest BCUT2D eigenvalue weighted by molar-refractivity contribution is 5.83. The summed E-state index contributed by atoms with van der Waals surface area (Å²) in [6, 6.07) is -0.192. The van der Waals surface area contributed by atoms with Gasteiger partial charge in [0.1, 0.15) is 0 Å². The van der Waals surface area contributed by atoms with Crippen molar-refractivity contribution in [1.82, 2.24) is 4.90 Å². The lowest BCUT2D eigenvalue weighted by Gasteiger charge is -2.23. The molecule has 0 aromatic heterocycles. The molecule has 1 rings (SSSR count). The molecule has 1 heterocycles. The molecule has 1 aliphatic heterocycles. The van der Waals surface area contributed by atoms with Gasteiger partial charge in [-0.15, -0.1) is 0 Å². The first kappa shape index (κ1) is 9.48. The normalized spacial score (nSPS) is 26.4. The predicted molar refractivity (Wildman–Crippen MR) is 45.5 cm³/mol. The molecule has 0 saturated carbocycles. The second kappa shape index (κ2) is 3.87. The van der Waals surface area contributed by atoms with Crippen molar-refractivity contribution in [2.24, 2.45) is 5.73 Å². The number of likely N-dealkylation sites (tertiary alicyclic amines) is 1. The predicted octanol–water partition coefficient (Wildman–Crippen LogP) is -0.683. The van der Waals surface area contributed by atoms with Crippen molar-refractivity contribution >= 4 is 5.91 Å². The maximum Gasteiger partial charge on any atom is 0.239 e. The van der Waals surface area contributed by atoms with Crippen LogP contribution in [0.25, 0.3) is 0 Å². The highest BCUT2D eigenvalue weighted by atomic mass is 16.3. The van der Waals surface area contributed by atoms with E-state index in [1.165, 1.54) is 0 Å². The number of hydrogen-bond donors (Lipinski definition) is 2. The van der Waals surface area contributed by atoms with Gasteiger partial charge in [0.2, 0.25) is 5.91 Å². The van der Waals surface area contributed by atoms with E-state index < -0.39 is 0 Å². The third-order valence-electron chi connectivity index (χ3n) is 2.36. The van der Waals surface area contributed by atoms with Crippen molar-refractivity contribution in [3.8, 4) is 0 Å². The van der Waals surface area contributed by atoms with E-state index in [0.29, 0.717) is 6.42 Å². The zero-order valence-electron chi connectivity index (χ0n) is 7.36. The van der Waals surface area contributed by atoms with Crippen LogP contribution in [0.3, 0.4) is 0 Å². The molecule has 0 aliphatic carbocycles. The number of rotatable bonds is 3. The Morgan fingerprint density at radius 3 is 2.92 bits per heavy atom. The summed E-state index contributed by atoms with van der Waals surface area (Å²) in [5.41, 5.74) is 5.55. The Hall–Kier alpha value is -0.610. The summed E-state index contributed by atoms with van der Waals surface area (Å²) in [5, 5.41) is 8.68. The van der Waals surface area contributed by atoms with Gasteiger partial charge in [-0.05, 0) is 19.8 Å². The highest BCUT2D eigenvalue weighted by Gasteiger charge is 2.31. The number of aliphatic hydroxyl groups excluding tert-OH is 1. The van der Waals surface area contributed by atoms with Crippen LogP contribution in [-0.2, 0) is 4.79 Å². The summed E-state index contributed by atoms with van der Waals surface area (Å²) in [6.45, 7) is 2.80. The Morgan fingerprint density at radius 1 is 1.83 bits per heavy atom. The first-order chi connectivity index (χ1) is 5.66. The molecular weight excluding hydrogens is 156 g/mol. The maximum atomic E-state index is 11.3. The minimum absolute atomic E-state index is 0.0240. The van der Waals surface area contributed by atoms with Gasteiger partial charge >= 0.3 is 0 Å². The van der Waals surface area contributed by atoms with Gasteiger partial charge in [-0.2, -0.15) is 0 Å². The van der Waals surface area contributed by atoms with Crippen molar-refractivity contribution in [1.29, 1.82) is 0 Å². The molecule has 70 valence electrons. The van der Waals surface area contributed by atoms with E-state index in [4.69, 9.17) is 10.8 Å². The third-order valence-corrected chi connectivity index (χ3v) is 2.36. The maximum absolute atomic E-state index is 11.3. The molecule has 0 radical (unpaired) electrons. The molecule has 4 nitrogen and oxygen atoms in total. The van der Waals surface area contributed by atoms with Crippen LogP contribution in [0.1, 0.15) is 19.8 Å². The minimum Gasteiger partial charge on any atom is -0.396 e. The SMILES string of the molecule is CC(CCO)N1CCC(N)C1=O. The fraction of sp³-hybridized carbons (Fsp3) is 0.875. The summed E-state index contributed by atoms with van der Waals surface area (Å²) >= 11 is 0. The smallest absolute Gasteiger partial charge is 0.239 e. The van der Waals surface area contributed by atoms with Crippen molar-refractivity contribution in [2.75, 3.05) is 13.2 Å².